The molecule has 16 heavy (non-hydrogen) atoms. The first-order valence-electron chi connectivity index (χ1n) is 5.31. The van der Waals surface area contributed by atoms with Crippen LogP contribution in [0.15, 0.2) is 16.5 Å². The van der Waals surface area contributed by atoms with Gasteiger partial charge in [-0.3, -0.25) is 0 Å². The summed E-state index contributed by atoms with van der Waals surface area (Å²) in [5.41, 5.74) is 1.87. The third-order valence-electron chi connectivity index (χ3n) is 2.75. The van der Waals surface area contributed by atoms with Gasteiger partial charge in [0.25, 0.3) is 0 Å². The molecule has 2 aromatic heterocycles. The third-order valence-corrected chi connectivity index (χ3v) is 3.73. The van der Waals surface area contributed by atoms with Crippen molar-refractivity contribution in [1.29, 1.82) is 0 Å². The van der Waals surface area contributed by atoms with E-state index in [0.29, 0.717) is 0 Å². The van der Waals surface area contributed by atoms with E-state index in [4.69, 9.17) is 4.42 Å². The SMILES string of the molecule is Cc1cc(C(O)c2cc(C)sc2C)c(C)o1. The van der Waals surface area contributed by atoms with Crippen LogP contribution in [-0.2, 0) is 0 Å². The molecule has 0 spiro atoms. The first-order valence-corrected chi connectivity index (χ1v) is 6.12. The van der Waals surface area contributed by atoms with Crippen LogP contribution >= 0.6 is 11.3 Å². The lowest BCUT2D eigenvalue weighted by Crippen LogP contribution is -1.99. The van der Waals surface area contributed by atoms with E-state index in [9.17, 15) is 5.11 Å². The second-order valence-corrected chi connectivity index (χ2v) is 5.60. The molecule has 1 N–H and O–H groups in total. The molecule has 2 heterocycles. The predicted octanol–water partition coefficient (Wildman–Crippen LogP) is 3.66. The molecule has 0 aliphatic carbocycles. The fraction of sp³-hybridized carbons (Fsp3) is 0.385. The van der Waals surface area contributed by atoms with Gasteiger partial charge in [-0.25, -0.2) is 0 Å². The maximum atomic E-state index is 10.3. The summed E-state index contributed by atoms with van der Waals surface area (Å²) in [6, 6.07) is 3.96. The Morgan fingerprint density at radius 3 is 2.25 bits per heavy atom. The lowest BCUT2D eigenvalue weighted by atomic mass is 10.0. The van der Waals surface area contributed by atoms with Gasteiger partial charge in [-0.15, -0.1) is 11.3 Å². The number of hydrogen-bond donors (Lipinski definition) is 1. The molecule has 0 fully saturated rings. The number of hydrogen-bond acceptors (Lipinski definition) is 3. The summed E-state index contributed by atoms with van der Waals surface area (Å²) in [4.78, 5) is 2.40. The van der Waals surface area contributed by atoms with Gasteiger partial charge in [-0.05, 0) is 45.4 Å². The largest absolute Gasteiger partial charge is 0.466 e. The topological polar surface area (TPSA) is 33.4 Å². The van der Waals surface area contributed by atoms with Crippen LogP contribution in [0.4, 0.5) is 0 Å². The quantitative estimate of drug-likeness (QED) is 0.863. The Hall–Kier alpha value is -1.06. The number of furan rings is 1. The highest BCUT2D eigenvalue weighted by Gasteiger charge is 2.19. The second kappa shape index (κ2) is 4.07. The Kier molecular flexibility index (Phi) is 2.91. The molecule has 0 aromatic carbocycles. The van der Waals surface area contributed by atoms with E-state index in [1.807, 2.05) is 32.9 Å². The van der Waals surface area contributed by atoms with E-state index in [1.165, 1.54) is 9.75 Å². The summed E-state index contributed by atoms with van der Waals surface area (Å²) < 4.78 is 5.45. The lowest BCUT2D eigenvalue weighted by molar-refractivity contribution is 0.218. The van der Waals surface area contributed by atoms with Crippen molar-refractivity contribution in [2.45, 2.75) is 33.8 Å². The monoisotopic (exact) mass is 236 g/mol. The van der Waals surface area contributed by atoms with Crippen LogP contribution < -0.4 is 0 Å². The maximum Gasteiger partial charge on any atom is 0.108 e. The van der Waals surface area contributed by atoms with Gasteiger partial charge < -0.3 is 9.52 Å². The molecule has 0 aliphatic heterocycles. The number of aliphatic hydroxyl groups is 1. The molecule has 2 rings (SSSR count). The number of aliphatic hydroxyl groups excluding tert-OH is 1. The Bertz CT molecular complexity index is 462. The second-order valence-electron chi connectivity index (χ2n) is 4.14. The van der Waals surface area contributed by atoms with Crippen molar-refractivity contribution in [3.8, 4) is 0 Å². The van der Waals surface area contributed by atoms with Gasteiger partial charge in [0.15, 0.2) is 0 Å². The molecule has 86 valence electrons. The minimum absolute atomic E-state index is 0.567. The van der Waals surface area contributed by atoms with Crippen molar-refractivity contribution in [2.75, 3.05) is 0 Å². The zero-order chi connectivity index (χ0) is 11.9. The van der Waals surface area contributed by atoms with Crippen LogP contribution in [0.25, 0.3) is 0 Å². The highest BCUT2D eigenvalue weighted by atomic mass is 32.1. The number of aryl methyl sites for hydroxylation is 4. The Morgan fingerprint density at radius 1 is 1.12 bits per heavy atom. The van der Waals surface area contributed by atoms with Crippen molar-refractivity contribution in [2.24, 2.45) is 0 Å². The number of thiophene rings is 1. The molecule has 0 amide bonds. The van der Waals surface area contributed by atoms with Crippen molar-refractivity contribution < 1.29 is 9.52 Å². The normalized spacial score (nSPS) is 13.1. The van der Waals surface area contributed by atoms with Crippen molar-refractivity contribution in [3.63, 3.8) is 0 Å². The zero-order valence-electron chi connectivity index (χ0n) is 10.00. The van der Waals surface area contributed by atoms with Crippen molar-refractivity contribution in [3.05, 3.63) is 44.5 Å². The predicted molar refractivity (Wildman–Crippen MR) is 66.0 cm³/mol. The zero-order valence-corrected chi connectivity index (χ0v) is 10.8. The Labute approximate surface area is 99.5 Å². The molecule has 1 unspecified atom stereocenters. The molecule has 3 heteroatoms. The van der Waals surface area contributed by atoms with E-state index in [0.717, 1.165) is 22.6 Å². The maximum absolute atomic E-state index is 10.3. The van der Waals surface area contributed by atoms with Gasteiger partial charge in [0.2, 0.25) is 0 Å². The molecular formula is C13H16O2S. The van der Waals surface area contributed by atoms with Gasteiger partial charge >= 0.3 is 0 Å². The summed E-state index contributed by atoms with van der Waals surface area (Å²) in [7, 11) is 0. The highest BCUT2D eigenvalue weighted by molar-refractivity contribution is 7.12. The summed E-state index contributed by atoms with van der Waals surface area (Å²) in [6.07, 6.45) is -0.567. The highest BCUT2D eigenvalue weighted by Crippen LogP contribution is 2.33. The molecule has 0 bridgehead atoms. The molecule has 2 aromatic rings. The summed E-state index contributed by atoms with van der Waals surface area (Å²) in [6.45, 7) is 7.88. The lowest BCUT2D eigenvalue weighted by Gasteiger charge is -2.08. The summed E-state index contributed by atoms with van der Waals surface area (Å²) >= 11 is 1.71. The number of rotatable bonds is 2. The van der Waals surface area contributed by atoms with Gasteiger partial charge in [0.05, 0.1) is 0 Å². The standard InChI is InChI=1S/C13H16O2S/c1-7-5-11(9(3)15-7)13(14)12-6-8(2)16-10(12)4/h5-6,13-14H,1-4H3. The smallest absolute Gasteiger partial charge is 0.108 e. The first-order chi connectivity index (χ1) is 7.49. The average Bonchev–Trinajstić information content (AvgIpc) is 2.68. The molecule has 0 saturated carbocycles. The summed E-state index contributed by atoms with van der Waals surface area (Å²) in [5, 5.41) is 10.3. The minimum atomic E-state index is -0.567. The average molecular weight is 236 g/mol. The van der Waals surface area contributed by atoms with Crippen molar-refractivity contribution in [1.82, 2.24) is 0 Å². The van der Waals surface area contributed by atoms with Crippen molar-refractivity contribution >= 4 is 11.3 Å². The molecule has 0 radical (unpaired) electrons. The molecule has 2 nitrogen and oxygen atoms in total. The van der Waals surface area contributed by atoms with Gasteiger partial charge in [-0.2, -0.15) is 0 Å². The van der Waals surface area contributed by atoms with Gasteiger partial charge in [0, 0.05) is 15.3 Å². The van der Waals surface area contributed by atoms with E-state index in [2.05, 4.69) is 6.92 Å². The fourth-order valence-electron chi connectivity index (χ4n) is 2.01. The summed E-state index contributed by atoms with van der Waals surface area (Å²) in [5.74, 6) is 1.64. The molecule has 1 atom stereocenters. The first kappa shape index (κ1) is 11.4. The van der Waals surface area contributed by atoms with Crippen LogP contribution in [0.2, 0.25) is 0 Å². The van der Waals surface area contributed by atoms with Gasteiger partial charge in [-0.1, -0.05) is 0 Å². The van der Waals surface area contributed by atoms with E-state index >= 15 is 0 Å². The minimum Gasteiger partial charge on any atom is -0.466 e. The van der Waals surface area contributed by atoms with Gasteiger partial charge in [0.1, 0.15) is 17.6 Å². The molecular weight excluding hydrogens is 220 g/mol. The van der Waals surface area contributed by atoms with Crippen LogP contribution in [0.3, 0.4) is 0 Å². The third kappa shape index (κ3) is 1.93. The Balaban J connectivity index is 2.42. The molecule has 0 saturated heterocycles. The van der Waals surface area contributed by atoms with E-state index in [-0.39, 0.29) is 0 Å². The van der Waals surface area contributed by atoms with Crippen LogP contribution in [-0.4, -0.2) is 5.11 Å². The van der Waals surface area contributed by atoms with Crippen LogP contribution in [0.5, 0.6) is 0 Å². The van der Waals surface area contributed by atoms with E-state index in [1.54, 1.807) is 11.3 Å². The van der Waals surface area contributed by atoms with Crippen LogP contribution in [0.1, 0.15) is 38.5 Å². The fourth-order valence-corrected chi connectivity index (χ4v) is 2.97. The Morgan fingerprint density at radius 2 is 1.81 bits per heavy atom. The molecule has 0 aliphatic rings. The van der Waals surface area contributed by atoms with E-state index < -0.39 is 6.10 Å². The van der Waals surface area contributed by atoms with Crippen LogP contribution in [0, 0.1) is 27.7 Å².